The number of thiophene rings is 1. The first-order chi connectivity index (χ1) is 18.3. The van der Waals surface area contributed by atoms with Crippen LogP contribution in [0.1, 0.15) is 155 Å². The lowest BCUT2D eigenvalue weighted by Gasteiger charge is -2.11. The Bertz CT molecular complexity index is 717. The Balaban J connectivity index is 1.55. The number of unbranched alkanes of at least 4 members (excludes halogenated alkanes) is 20. The molecule has 0 saturated heterocycles. The van der Waals surface area contributed by atoms with Crippen molar-refractivity contribution in [3.8, 4) is 11.8 Å². The zero-order chi connectivity index (χ0) is 26.2. The third kappa shape index (κ3) is 15.6. The normalized spacial score (nSPS) is 11.4. The van der Waals surface area contributed by atoms with Gasteiger partial charge in [0.05, 0.1) is 13.2 Å². The van der Waals surface area contributed by atoms with E-state index >= 15 is 0 Å². The molecule has 0 aliphatic rings. The van der Waals surface area contributed by atoms with Gasteiger partial charge in [0.25, 0.3) is 11.8 Å². The van der Waals surface area contributed by atoms with Crippen molar-refractivity contribution in [1.82, 2.24) is 9.97 Å². The number of nitrogens with zero attached hydrogens (tertiary/aromatic N) is 2. The molecular formula is C32H56N2O2S. The maximum absolute atomic E-state index is 6.06. The van der Waals surface area contributed by atoms with Crippen molar-refractivity contribution >= 4 is 22.4 Å². The molecule has 2 rings (SSSR count). The van der Waals surface area contributed by atoms with E-state index in [1.807, 2.05) is 10.8 Å². The number of hydrogen-bond acceptors (Lipinski definition) is 5. The largest absolute Gasteiger partial charge is 0.474 e. The van der Waals surface area contributed by atoms with Gasteiger partial charge in [-0.25, -0.2) is 9.97 Å². The van der Waals surface area contributed by atoms with Crippen LogP contribution in [-0.4, -0.2) is 23.2 Å². The topological polar surface area (TPSA) is 44.2 Å². The molecule has 0 aliphatic carbocycles. The molecule has 2 aromatic rings. The van der Waals surface area contributed by atoms with Gasteiger partial charge in [0.1, 0.15) is 11.0 Å². The van der Waals surface area contributed by atoms with Gasteiger partial charge in [0, 0.05) is 10.8 Å². The second-order valence-electron chi connectivity index (χ2n) is 10.7. The molecule has 0 unspecified atom stereocenters. The fraction of sp³-hybridized carbons (Fsp3) is 0.812. The Morgan fingerprint density at radius 2 is 0.757 bits per heavy atom. The third-order valence-electron chi connectivity index (χ3n) is 7.22. The molecule has 2 aromatic heterocycles. The van der Waals surface area contributed by atoms with Gasteiger partial charge in [0.2, 0.25) is 0 Å². The predicted molar refractivity (Wildman–Crippen MR) is 161 cm³/mol. The molecule has 0 aliphatic heterocycles. The Morgan fingerprint density at radius 1 is 0.459 bits per heavy atom. The number of ether oxygens (including phenoxy) is 2. The Kier molecular flexibility index (Phi) is 19.5. The van der Waals surface area contributed by atoms with Gasteiger partial charge in [-0.15, -0.1) is 11.3 Å². The Morgan fingerprint density at radius 3 is 1.08 bits per heavy atom. The summed E-state index contributed by atoms with van der Waals surface area (Å²) in [6.07, 6.45) is 29.4. The summed E-state index contributed by atoms with van der Waals surface area (Å²) in [5.74, 6) is 1.14. The molecule has 0 fully saturated rings. The monoisotopic (exact) mass is 532 g/mol. The first-order valence-electron chi connectivity index (χ1n) is 15.8. The van der Waals surface area contributed by atoms with Crippen molar-refractivity contribution in [2.24, 2.45) is 0 Å². The first-order valence-corrected chi connectivity index (χ1v) is 16.8. The summed E-state index contributed by atoms with van der Waals surface area (Å²) in [7, 11) is 0. The van der Waals surface area contributed by atoms with Crippen LogP contribution in [0, 0.1) is 0 Å². The van der Waals surface area contributed by atoms with Crippen LogP contribution in [0.25, 0.3) is 11.0 Å². The number of aromatic nitrogens is 2. The van der Waals surface area contributed by atoms with Crippen molar-refractivity contribution in [1.29, 1.82) is 0 Å². The molecule has 0 radical (unpaired) electrons. The lowest BCUT2D eigenvalue weighted by atomic mass is 10.1. The predicted octanol–water partition coefficient (Wildman–Crippen LogP) is 11.1. The SMILES string of the molecule is CCCCCCCCCCCCCOc1nc2cscc2nc1OCCCCCCCCCCCCC. The molecule has 4 nitrogen and oxygen atoms in total. The van der Waals surface area contributed by atoms with Crippen molar-refractivity contribution in [3.63, 3.8) is 0 Å². The zero-order valence-electron chi connectivity index (χ0n) is 24.2. The first kappa shape index (κ1) is 31.9. The van der Waals surface area contributed by atoms with Crippen molar-refractivity contribution in [3.05, 3.63) is 10.8 Å². The van der Waals surface area contributed by atoms with E-state index in [2.05, 4.69) is 13.8 Å². The van der Waals surface area contributed by atoms with E-state index < -0.39 is 0 Å². The van der Waals surface area contributed by atoms with Gasteiger partial charge in [-0.1, -0.05) is 142 Å². The average molecular weight is 533 g/mol. The highest BCUT2D eigenvalue weighted by Gasteiger charge is 2.12. The minimum Gasteiger partial charge on any atom is -0.474 e. The maximum atomic E-state index is 6.06. The standard InChI is InChI=1S/C32H56N2O2S/c1-3-5-7-9-11-13-15-17-19-21-23-25-35-31-32(34-30-28-37-27-29(30)33-31)36-26-24-22-20-18-16-14-12-10-8-6-4-2/h27-28H,3-26H2,1-2H3. The van der Waals surface area contributed by atoms with E-state index in [1.165, 1.54) is 128 Å². The lowest BCUT2D eigenvalue weighted by Crippen LogP contribution is -2.06. The molecule has 212 valence electrons. The van der Waals surface area contributed by atoms with Crippen LogP contribution in [0.5, 0.6) is 11.8 Å². The molecule has 0 saturated carbocycles. The number of hydrogen-bond donors (Lipinski definition) is 0. The second-order valence-corrected chi connectivity index (χ2v) is 11.5. The van der Waals surface area contributed by atoms with Gasteiger partial charge < -0.3 is 9.47 Å². The molecule has 5 heteroatoms. The molecule has 0 N–H and O–H groups in total. The van der Waals surface area contributed by atoms with E-state index in [0.29, 0.717) is 25.0 Å². The molecule has 2 heterocycles. The van der Waals surface area contributed by atoms with E-state index in [-0.39, 0.29) is 0 Å². The molecule has 37 heavy (non-hydrogen) atoms. The summed E-state index contributed by atoms with van der Waals surface area (Å²) < 4.78 is 12.1. The van der Waals surface area contributed by atoms with Crippen LogP contribution in [0.4, 0.5) is 0 Å². The van der Waals surface area contributed by atoms with Crippen LogP contribution in [0.15, 0.2) is 10.8 Å². The van der Waals surface area contributed by atoms with Gasteiger partial charge in [-0.2, -0.15) is 0 Å². The maximum Gasteiger partial charge on any atom is 0.278 e. The van der Waals surface area contributed by atoms with E-state index in [1.54, 1.807) is 11.3 Å². The highest BCUT2D eigenvalue weighted by atomic mass is 32.1. The highest BCUT2D eigenvalue weighted by Crippen LogP contribution is 2.28. The fourth-order valence-corrected chi connectivity index (χ4v) is 5.50. The quantitative estimate of drug-likeness (QED) is 0.113. The summed E-state index contributed by atoms with van der Waals surface area (Å²) in [4.78, 5) is 9.40. The van der Waals surface area contributed by atoms with Crippen LogP contribution in [0.3, 0.4) is 0 Å². The molecule has 0 atom stereocenters. The highest BCUT2D eigenvalue weighted by molar-refractivity contribution is 7.09. The third-order valence-corrected chi connectivity index (χ3v) is 7.94. The minimum atomic E-state index is 0.570. The number of rotatable bonds is 26. The van der Waals surface area contributed by atoms with Crippen LogP contribution < -0.4 is 9.47 Å². The zero-order valence-corrected chi connectivity index (χ0v) is 25.1. The van der Waals surface area contributed by atoms with Crippen LogP contribution >= 0.6 is 11.3 Å². The Labute approximate surface area is 232 Å². The second kappa shape index (κ2) is 22.6. The number of fused-ring (bicyclic) bond motifs is 1. The summed E-state index contributed by atoms with van der Waals surface area (Å²) in [5.41, 5.74) is 1.81. The molecule has 0 spiro atoms. The van der Waals surface area contributed by atoms with Gasteiger partial charge in [-0.05, 0) is 12.8 Å². The lowest BCUT2D eigenvalue weighted by molar-refractivity contribution is 0.243. The van der Waals surface area contributed by atoms with Crippen LogP contribution in [-0.2, 0) is 0 Å². The van der Waals surface area contributed by atoms with Gasteiger partial charge >= 0.3 is 0 Å². The molecular weight excluding hydrogens is 476 g/mol. The summed E-state index contributed by atoms with van der Waals surface area (Å²) >= 11 is 1.63. The van der Waals surface area contributed by atoms with E-state index in [4.69, 9.17) is 19.4 Å². The van der Waals surface area contributed by atoms with Gasteiger partial charge in [0.15, 0.2) is 0 Å². The van der Waals surface area contributed by atoms with Crippen molar-refractivity contribution < 1.29 is 9.47 Å². The summed E-state index contributed by atoms with van der Waals surface area (Å²) in [6.45, 7) is 5.95. The molecule has 0 amide bonds. The minimum absolute atomic E-state index is 0.570. The summed E-state index contributed by atoms with van der Waals surface area (Å²) in [5, 5.41) is 4.07. The van der Waals surface area contributed by atoms with E-state index in [0.717, 1.165) is 23.9 Å². The molecule has 0 aromatic carbocycles. The Hall–Kier alpha value is -1.36. The van der Waals surface area contributed by atoms with Crippen molar-refractivity contribution in [2.45, 2.75) is 155 Å². The fourth-order valence-electron chi connectivity index (χ4n) is 4.82. The molecule has 0 bridgehead atoms. The van der Waals surface area contributed by atoms with Crippen LogP contribution in [0.2, 0.25) is 0 Å². The summed E-state index contributed by atoms with van der Waals surface area (Å²) in [6, 6.07) is 0. The van der Waals surface area contributed by atoms with Crippen molar-refractivity contribution in [2.75, 3.05) is 13.2 Å². The smallest absolute Gasteiger partial charge is 0.278 e. The van der Waals surface area contributed by atoms with E-state index in [9.17, 15) is 0 Å². The van der Waals surface area contributed by atoms with Gasteiger partial charge in [-0.3, -0.25) is 0 Å². The average Bonchev–Trinajstić information content (AvgIpc) is 3.37.